The van der Waals surface area contributed by atoms with E-state index in [4.69, 9.17) is 0 Å². The van der Waals surface area contributed by atoms with Gasteiger partial charge in [0.25, 0.3) is 0 Å². The summed E-state index contributed by atoms with van der Waals surface area (Å²) in [5.74, 6) is 0.175. The highest BCUT2D eigenvalue weighted by Gasteiger charge is 2.24. The number of thiazole rings is 1. The number of nitrogens with zero attached hydrogens (tertiary/aromatic N) is 2. The third-order valence-corrected chi connectivity index (χ3v) is 4.94. The van der Waals surface area contributed by atoms with Crippen molar-refractivity contribution in [2.24, 2.45) is 0 Å². The monoisotopic (exact) mass is 324 g/mol. The lowest BCUT2D eigenvalue weighted by atomic mass is 10.4. The van der Waals surface area contributed by atoms with Crippen molar-refractivity contribution in [3.8, 4) is 0 Å². The SMILES string of the molecule is O=C1CCCN1c1nc(Br)c(Br)s1. The fourth-order valence-electron chi connectivity index (χ4n) is 1.24. The zero-order valence-electron chi connectivity index (χ0n) is 6.59. The molecular weight excluding hydrogens is 320 g/mol. The van der Waals surface area contributed by atoms with Crippen LogP contribution in [0, 0.1) is 0 Å². The molecule has 1 saturated heterocycles. The van der Waals surface area contributed by atoms with Crippen molar-refractivity contribution in [3.05, 3.63) is 8.39 Å². The van der Waals surface area contributed by atoms with Crippen LogP contribution in [0.5, 0.6) is 0 Å². The van der Waals surface area contributed by atoms with Gasteiger partial charge in [0.1, 0.15) is 8.39 Å². The van der Waals surface area contributed by atoms with Crippen LogP contribution in [0.4, 0.5) is 5.13 Å². The van der Waals surface area contributed by atoms with E-state index >= 15 is 0 Å². The molecule has 1 aromatic rings. The number of carbonyl (C=O) groups is 1. The summed E-state index contributed by atoms with van der Waals surface area (Å²) in [6.07, 6.45) is 1.59. The van der Waals surface area contributed by atoms with Crippen molar-refractivity contribution >= 4 is 54.2 Å². The molecule has 2 rings (SSSR count). The molecular formula is C7H6Br2N2OS. The lowest BCUT2D eigenvalue weighted by Gasteiger charge is -2.09. The second kappa shape index (κ2) is 3.67. The molecule has 1 fully saturated rings. The fourth-order valence-corrected chi connectivity index (χ4v) is 3.02. The molecule has 2 heterocycles. The fraction of sp³-hybridized carbons (Fsp3) is 0.429. The van der Waals surface area contributed by atoms with Crippen LogP contribution < -0.4 is 4.90 Å². The van der Waals surface area contributed by atoms with E-state index in [0.717, 1.165) is 26.5 Å². The molecule has 0 aromatic carbocycles. The number of hydrogen-bond acceptors (Lipinski definition) is 3. The standard InChI is InChI=1S/C7H6Br2N2OS/c8-5-6(9)13-7(10-5)11-3-1-2-4(11)12/h1-3H2. The van der Waals surface area contributed by atoms with Crippen LogP contribution in [0.15, 0.2) is 8.39 Å². The first-order valence-corrected chi connectivity index (χ1v) is 6.21. The lowest BCUT2D eigenvalue weighted by Crippen LogP contribution is -2.23. The second-order valence-corrected chi connectivity index (χ2v) is 5.76. The van der Waals surface area contributed by atoms with E-state index in [2.05, 4.69) is 36.8 Å². The van der Waals surface area contributed by atoms with Crippen molar-refractivity contribution in [1.29, 1.82) is 0 Å². The molecule has 1 aliphatic rings. The Labute approximate surface area is 96.4 Å². The molecule has 0 N–H and O–H groups in total. The summed E-state index contributed by atoms with van der Waals surface area (Å²) in [7, 11) is 0. The Morgan fingerprint density at radius 2 is 2.23 bits per heavy atom. The van der Waals surface area contributed by atoms with Crippen LogP contribution in [0.2, 0.25) is 0 Å². The Morgan fingerprint density at radius 1 is 1.46 bits per heavy atom. The topological polar surface area (TPSA) is 33.2 Å². The summed E-state index contributed by atoms with van der Waals surface area (Å²) in [6.45, 7) is 0.797. The van der Waals surface area contributed by atoms with Gasteiger partial charge in [0.05, 0.1) is 0 Å². The third-order valence-electron chi connectivity index (χ3n) is 1.84. The van der Waals surface area contributed by atoms with E-state index in [1.807, 2.05) is 0 Å². The number of hydrogen-bond donors (Lipinski definition) is 0. The summed E-state index contributed by atoms with van der Waals surface area (Å²) < 4.78 is 1.70. The maximum Gasteiger partial charge on any atom is 0.228 e. The highest BCUT2D eigenvalue weighted by molar-refractivity contribution is 9.13. The van der Waals surface area contributed by atoms with Gasteiger partial charge in [-0.1, -0.05) is 11.3 Å². The molecule has 6 heteroatoms. The number of halogens is 2. The number of rotatable bonds is 1. The molecule has 70 valence electrons. The van der Waals surface area contributed by atoms with E-state index < -0.39 is 0 Å². The van der Waals surface area contributed by atoms with Crippen molar-refractivity contribution in [1.82, 2.24) is 4.98 Å². The van der Waals surface area contributed by atoms with Crippen LogP contribution >= 0.6 is 43.2 Å². The van der Waals surface area contributed by atoms with Crippen molar-refractivity contribution in [2.45, 2.75) is 12.8 Å². The average Bonchev–Trinajstić information content (AvgIpc) is 2.60. The maximum atomic E-state index is 11.4. The Balaban J connectivity index is 2.29. The van der Waals surface area contributed by atoms with Gasteiger partial charge in [0.15, 0.2) is 5.13 Å². The quantitative estimate of drug-likeness (QED) is 0.795. The van der Waals surface area contributed by atoms with Crippen molar-refractivity contribution in [3.63, 3.8) is 0 Å². The van der Waals surface area contributed by atoms with Crippen LogP contribution in [0.1, 0.15) is 12.8 Å². The molecule has 0 bridgehead atoms. The molecule has 0 spiro atoms. The predicted molar refractivity (Wildman–Crippen MR) is 59.1 cm³/mol. The van der Waals surface area contributed by atoms with E-state index in [1.54, 1.807) is 4.90 Å². The maximum absolute atomic E-state index is 11.4. The van der Waals surface area contributed by atoms with Crippen LogP contribution in [0.3, 0.4) is 0 Å². The molecule has 0 unspecified atom stereocenters. The Bertz CT molecular complexity index is 333. The van der Waals surface area contributed by atoms with Crippen LogP contribution in [0.25, 0.3) is 0 Å². The molecule has 0 atom stereocenters. The first-order valence-electron chi connectivity index (χ1n) is 3.80. The van der Waals surface area contributed by atoms with Gasteiger partial charge in [0.2, 0.25) is 5.91 Å². The van der Waals surface area contributed by atoms with E-state index in [1.165, 1.54) is 11.3 Å². The van der Waals surface area contributed by atoms with Gasteiger partial charge in [-0.15, -0.1) is 0 Å². The molecule has 3 nitrogen and oxygen atoms in total. The molecule has 13 heavy (non-hydrogen) atoms. The summed E-state index contributed by atoms with van der Waals surface area (Å²) in [6, 6.07) is 0. The lowest BCUT2D eigenvalue weighted by molar-refractivity contribution is -0.117. The van der Waals surface area contributed by atoms with Crippen LogP contribution in [-0.4, -0.2) is 17.4 Å². The molecule has 1 aliphatic heterocycles. The van der Waals surface area contributed by atoms with Crippen molar-refractivity contribution < 1.29 is 4.79 Å². The summed E-state index contributed by atoms with van der Waals surface area (Å²) in [4.78, 5) is 17.3. The summed E-state index contributed by atoms with van der Waals surface area (Å²) in [5.41, 5.74) is 0. The zero-order valence-corrected chi connectivity index (χ0v) is 10.6. The number of anilines is 1. The largest absolute Gasteiger partial charge is 0.288 e. The number of aromatic nitrogens is 1. The normalized spacial score (nSPS) is 17.1. The van der Waals surface area contributed by atoms with Gasteiger partial charge in [-0.3, -0.25) is 9.69 Å². The zero-order chi connectivity index (χ0) is 9.42. The van der Waals surface area contributed by atoms with Gasteiger partial charge in [-0.2, -0.15) is 0 Å². The van der Waals surface area contributed by atoms with Gasteiger partial charge in [-0.05, 0) is 38.3 Å². The predicted octanol–water partition coefficient (Wildman–Crippen LogP) is 2.79. The average molecular weight is 326 g/mol. The highest BCUT2D eigenvalue weighted by Crippen LogP contribution is 2.35. The minimum Gasteiger partial charge on any atom is -0.288 e. The third kappa shape index (κ3) is 1.80. The van der Waals surface area contributed by atoms with Gasteiger partial charge in [-0.25, -0.2) is 4.98 Å². The number of carbonyl (C=O) groups excluding carboxylic acids is 1. The summed E-state index contributed by atoms with van der Waals surface area (Å²) >= 11 is 8.13. The Morgan fingerprint density at radius 3 is 2.69 bits per heavy atom. The van der Waals surface area contributed by atoms with Crippen molar-refractivity contribution in [2.75, 3.05) is 11.4 Å². The first-order chi connectivity index (χ1) is 6.18. The van der Waals surface area contributed by atoms with Crippen LogP contribution in [-0.2, 0) is 4.79 Å². The van der Waals surface area contributed by atoms with E-state index in [0.29, 0.717) is 6.42 Å². The molecule has 0 saturated carbocycles. The van der Waals surface area contributed by atoms with Gasteiger partial charge in [0, 0.05) is 13.0 Å². The molecule has 0 aliphatic carbocycles. The molecule has 1 aromatic heterocycles. The minimum absolute atomic E-state index is 0.175. The Kier molecular flexibility index (Phi) is 2.71. The molecule has 1 amide bonds. The van der Waals surface area contributed by atoms with E-state index in [-0.39, 0.29) is 5.91 Å². The minimum atomic E-state index is 0.175. The molecule has 0 radical (unpaired) electrons. The summed E-state index contributed by atoms with van der Waals surface area (Å²) in [5, 5.41) is 0.779. The second-order valence-electron chi connectivity index (χ2n) is 2.71. The van der Waals surface area contributed by atoms with Gasteiger partial charge < -0.3 is 0 Å². The van der Waals surface area contributed by atoms with Gasteiger partial charge >= 0.3 is 0 Å². The van der Waals surface area contributed by atoms with E-state index in [9.17, 15) is 4.79 Å². The number of amides is 1. The first kappa shape index (κ1) is 9.61. The smallest absolute Gasteiger partial charge is 0.228 e. The highest BCUT2D eigenvalue weighted by atomic mass is 79.9. The Hall–Kier alpha value is 0.0600.